The van der Waals surface area contributed by atoms with Crippen molar-refractivity contribution in [1.82, 2.24) is 0 Å². The molecule has 1 rings (SSSR count). The Balaban J connectivity index is 2.33. The first-order valence-electron chi connectivity index (χ1n) is 6.68. The van der Waals surface area contributed by atoms with Crippen molar-refractivity contribution in [3.8, 4) is 0 Å². The van der Waals surface area contributed by atoms with Gasteiger partial charge in [-0.3, -0.25) is 0 Å². The van der Waals surface area contributed by atoms with Gasteiger partial charge in [0.1, 0.15) is 0 Å². The first-order valence-corrected chi connectivity index (χ1v) is 6.68. The summed E-state index contributed by atoms with van der Waals surface area (Å²) < 4.78 is 0. The number of hydrogen-bond acceptors (Lipinski definition) is 1. The van der Waals surface area contributed by atoms with E-state index < -0.39 is 0 Å². The molecule has 0 heterocycles. The highest BCUT2D eigenvalue weighted by Crippen LogP contribution is 2.13. The fourth-order valence-electron chi connectivity index (χ4n) is 1.79. The lowest BCUT2D eigenvalue weighted by Crippen LogP contribution is -2.07. The highest BCUT2D eigenvalue weighted by Gasteiger charge is 1.93. The van der Waals surface area contributed by atoms with Gasteiger partial charge in [-0.25, -0.2) is 0 Å². The Morgan fingerprint density at radius 2 is 1.71 bits per heavy atom. The average molecular weight is 231 g/mol. The summed E-state index contributed by atoms with van der Waals surface area (Å²) in [6.45, 7) is 2.25. The van der Waals surface area contributed by atoms with Crippen LogP contribution in [0.25, 0.3) is 6.08 Å². The van der Waals surface area contributed by atoms with Gasteiger partial charge in [0.25, 0.3) is 0 Å². The maximum Gasteiger partial charge on any atom is 0.0361 e. The number of nitrogens with zero attached hydrogens (tertiary/aromatic N) is 1. The van der Waals surface area contributed by atoms with E-state index in [2.05, 4.69) is 62.3 Å². The van der Waals surface area contributed by atoms with Crippen molar-refractivity contribution in [3.63, 3.8) is 0 Å². The fourth-order valence-corrected chi connectivity index (χ4v) is 1.79. The molecular weight excluding hydrogens is 206 g/mol. The van der Waals surface area contributed by atoms with Gasteiger partial charge in [-0.05, 0) is 30.5 Å². The summed E-state index contributed by atoms with van der Waals surface area (Å²) in [6, 6.07) is 8.68. The van der Waals surface area contributed by atoms with E-state index in [-0.39, 0.29) is 0 Å². The number of allylic oxidation sites excluding steroid dienone is 1. The predicted molar refractivity (Wildman–Crippen MR) is 78.6 cm³/mol. The molecule has 0 aliphatic carbocycles. The van der Waals surface area contributed by atoms with Gasteiger partial charge >= 0.3 is 0 Å². The summed E-state index contributed by atoms with van der Waals surface area (Å²) in [4.78, 5) is 2.12. The molecule has 0 aliphatic rings. The Labute approximate surface area is 106 Å². The quantitative estimate of drug-likeness (QED) is 0.613. The molecule has 0 fully saturated rings. The Morgan fingerprint density at radius 3 is 2.29 bits per heavy atom. The molecule has 0 atom stereocenters. The topological polar surface area (TPSA) is 3.24 Å². The van der Waals surface area contributed by atoms with Crippen LogP contribution in [0.2, 0.25) is 0 Å². The summed E-state index contributed by atoms with van der Waals surface area (Å²) in [7, 11) is 4.14. The number of anilines is 1. The molecule has 1 nitrogen and oxygen atoms in total. The first-order chi connectivity index (χ1) is 8.24. The van der Waals surface area contributed by atoms with Crippen LogP contribution < -0.4 is 4.90 Å². The summed E-state index contributed by atoms with van der Waals surface area (Å²) >= 11 is 0. The van der Waals surface area contributed by atoms with Crippen molar-refractivity contribution >= 4 is 11.8 Å². The molecule has 0 amide bonds. The molecule has 0 saturated heterocycles. The van der Waals surface area contributed by atoms with Crippen molar-refractivity contribution < 1.29 is 0 Å². The molecule has 0 unspecified atom stereocenters. The molecule has 1 heteroatoms. The SMILES string of the molecule is CCCCCC/C=C/c1ccc(N(C)C)cc1. The summed E-state index contributed by atoms with van der Waals surface area (Å²) in [6.07, 6.45) is 11.1. The lowest BCUT2D eigenvalue weighted by Gasteiger charge is -2.11. The van der Waals surface area contributed by atoms with Crippen LogP contribution in [-0.4, -0.2) is 14.1 Å². The molecule has 1 aromatic carbocycles. The maximum atomic E-state index is 2.29. The van der Waals surface area contributed by atoms with E-state index in [9.17, 15) is 0 Å². The molecular formula is C16H25N. The second kappa shape index (κ2) is 7.94. The van der Waals surface area contributed by atoms with E-state index in [1.54, 1.807) is 0 Å². The lowest BCUT2D eigenvalue weighted by atomic mass is 10.1. The molecule has 94 valence electrons. The first kappa shape index (κ1) is 13.8. The third kappa shape index (κ3) is 5.58. The zero-order valence-electron chi connectivity index (χ0n) is 11.4. The van der Waals surface area contributed by atoms with Gasteiger partial charge in [0.2, 0.25) is 0 Å². The van der Waals surface area contributed by atoms with Crippen LogP contribution in [0.5, 0.6) is 0 Å². The number of unbranched alkanes of at least 4 members (excludes halogenated alkanes) is 4. The van der Waals surface area contributed by atoms with Crippen LogP contribution in [0.3, 0.4) is 0 Å². The number of hydrogen-bond donors (Lipinski definition) is 0. The third-order valence-electron chi connectivity index (χ3n) is 2.94. The van der Waals surface area contributed by atoms with Gasteiger partial charge in [-0.1, -0.05) is 50.5 Å². The largest absolute Gasteiger partial charge is 0.378 e. The third-order valence-corrected chi connectivity index (χ3v) is 2.94. The second-order valence-electron chi connectivity index (χ2n) is 4.74. The highest BCUT2D eigenvalue weighted by atomic mass is 15.1. The van der Waals surface area contributed by atoms with Gasteiger partial charge in [-0.15, -0.1) is 0 Å². The van der Waals surface area contributed by atoms with Crippen molar-refractivity contribution in [2.75, 3.05) is 19.0 Å². The van der Waals surface area contributed by atoms with Crippen molar-refractivity contribution in [2.45, 2.75) is 39.0 Å². The van der Waals surface area contributed by atoms with Crippen LogP contribution in [-0.2, 0) is 0 Å². The van der Waals surface area contributed by atoms with E-state index >= 15 is 0 Å². The van der Waals surface area contributed by atoms with Crippen LogP contribution in [0.4, 0.5) is 5.69 Å². The van der Waals surface area contributed by atoms with Crippen molar-refractivity contribution in [2.24, 2.45) is 0 Å². The second-order valence-corrected chi connectivity index (χ2v) is 4.74. The summed E-state index contributed by atoms with van der Waals surface area (Å²) in [5.74, 6) is 0. The minimum Gasteiger partial charge on any atom is -0.378 e. The van der Waals surface area contributed by atoms with E-state index in [1.165, 1.54) is 43.4 Å². The van der Waals surface area contributed by atoms with Gasteiger partial charge < -0.3 is 4.90 Å². The van der Waals surface area contributed by atoms with Crippen LogP contribution >= 0.6 is 0 Å². The average Bonchev–Trinajstić information content (AvgIpc) is 2.34. The summed E-state index contributed by atoms with van der Waals surface area (Å²) in [5, 5.41) is 0. The molecule has 17 heavy (non-hydrogen) atoms. The monoisotopic (exact) mass is 231 g/mol. The Kier molecular flexibility index (Phi) is 6.46. The minimum absolute atomic E-state index is 1.20. The molecule has 0 spiro atoms. The normalized spacial score (nSPS) is 11.0. The fraction of sp³-hybridized carbons (Fsp3) is 0.500. The van der Waals surface area contributed by atoms with E-state index in [1.807, 2.05) is 0 Å². The summed E-state index contributed by atoms with van der Waals surface area (Å²) in [5.41, 5.74) is 2.55. The molecule has 0 radical (unpaired) electrons. The molecule has 0 bridgehead atoms. The number of rotatable bonds is 7. The van der Waals surface area contributed by atoms with Gasteiger partial charge in [0.05, 0.1) is 0 Å². The number of benzene rings is 1. The molecule has 1 aromatic rings. The highest BCUT2D eigenvalue weighted by molar-refractivity contribution is 5.55. The van der Waals surface area contributed by atoms with Crippen molar-refractivity contribution in [1.29, 1.82) is 0 Å². The maximum absolute atomic E-state index is 2.29. The van der Waals surface area contributed by atoms with Crippen LogP contribution in [0.15, 0.2) is 30.3 Å². The molecule has 0 saturated carbocycles. The standard InChI is InChI=1S/C16H25N/c1-4-5-6-7-8-9-10-15-11-13-16(14-12-15)17(2)3/h9-14H,4-8H2,1-3H3/b10-9+. The minimum atomic E-state index is 1.20. The zero-order valence-corrected chi connectivity index (χ0v) is 11.4. The van der Waals surface area contributed by atoms with E-state index in [0.717, 1.165) is 0 Å². The smallest absolute Gasteiger partial charge is 0.0361 e. The Bertz CT molecular complexity index is 322. The molecule has 0 aliphatic heterocycles. The van der Waals surface area contributed by atoms with Crippen LogP contribution in [0.1, 0.15) is 44.6 Å². The Morgan fingerprint density at radius 1 is 1.00 bits per heavy atom. The van der Waals surface area contributed by atoms with E-state index in [0.29, 0.717) is 0 Å². The van der Waals surface area contributed by atoms with E-state index in [4.69, 9.17) is 0 Å². The van der Waals surface area contributed by atoms with Gasteiger partial charge in [-0.2, -0.15) is 0 Å². The lowest BCUT2D eigenvalue weighted by molar-refractivity contribution is 0.675. The van der Waals surface area contributed by atoms with Gasteiger partial charge in [0.15, 0.2) is 0 Å². The molecule has 0 N–H and O–H groups in total. The van der Waals surface area contributed by atoms with Gasteiger partial charge in [0, 0.05) is 19.8 Å². The predicted octanol–water partition coefficient (Wildman–Crippen LogP) is 4.74. The zero-order chi connectivity index (χ0) is 12.5. The molecule has 0 aromatic heterocycles. The Hall–Kier alpha value is -1.24. The van der Waals surface area contributed by atoms with Crippen LogP contribution in [0, 0.1) is 0 Å². The van der Waals surface area contributed by atoms with Crippen molar-refractivity contribution in [3.05, 3.63) is 35.9 Å².